The maximum Gasteiger partial charge on any atom is 0.338 e. The first-order valence-electron chi connectivity index (χ1n) is 32.1. The van der Waals surface area contributed by atoms with Gasteiger partial charge >= 0.3 is 23.9 Å². The molecular weight excluding hydrogens is 1250 g/mol. The normalized spacial score (nSPS) is 11.1. The number of carbonyl (C=O) groups excluding carboxylic acids is 4. The average Bonchev–Trinajstić information content (AvgIpc) is 1.57. The summed E-state index contributed by atoms with van der Waals surface area (Å²) in [5, 5.41) is 23.7. The van der Waals surface area contributed by atoms with Crippen molar-refractivity contribution in [3.05, 3.63) is 341 Å². The number of aromatic nitrogens is 5. The monoisotopic (exact) mass is 1300 g/mol. The molecule has 15 aromatic rings. The van der Waals surface area contributed by atoms with Crippen LogP contribution in [0.3, 0.4) is 0 Å². The Morgan fingerprint density at radius 3 is 1.02 bits per heavy atom. The SMILES string of the molecule is N#Cc1ccc(-c2ccc(-n3c4ccc(C(=O)OCc5ccccc5)cc4c4cc(C(=O)OCc5ccccc5)ccc43)cc2-c2nc(-c3ccccc3)nc(-c3cc(-n4c5ccc(C(=O)OCc6ccccc6)cc5c5cc(C(=O)OCc6ccccc6)ccc54)ccc3C#N)n2)cc1. The topological polar surface area (TPSA) is 201 Å². The van der Waals surface area contributed by atoms with Crippen molar-refractivity contribution in [1.29, 1.82) is 10.5 Å². The van der Waals surface area contributed by atoms with Gasteiger partial charge in [-0.2, -0.15) is 10.5 Å². The van der Waals surface area contributed by atoms with E-state index in [0.29, 0.717) is 111 Å². The summed E-state index contributed by atoms with van der Waals surface area (Å²) in [5.41, 5.74) is 12.3. The van der Waals surface area contributed by atoms with Gasteiger partial charge < -0.3 is 28.1 Å². The van der Waals surface area contributed by atoms with Gasteiger partial charge in [0.05, 0.1) is 67.6 Å². The fourth-order valence-corrected chi connectivity index (χ4v) is 12.5. The summed E-state index contributed by atoms with van der Waals surface area (Å²) in [5.74, 6) is -1.42. The van der Waals surface area contributed by atoms with E-state index in [4.69, 9.17) is 33.9 Å². The summed E-state index contributed by atoms with van der Waals surface area (Å²) < 4.78 is 27.4. The molecule has 3 heterocycles. The third-order valence-corrected chi connectivity index (χ3v) is 17.4. The lowest BCUT2D eigenvalue weighted by Gasteiger charge is -2.16. The minimum absolute atomic E-state index is 0.0643. The summed E-state index contributed by atoms with van der Waals surface area (Å²) in [7, 11) is 0. The van der Waals surface area contributed by atoms with Crippen LogP contribution < -0.4 is 0 Å². The lowest BCUT2D eigenvalue weighted by molar-refractivity contribution is 0.0464. The van der Waals surface area contributed by atoms with Crippen molar-refractivity contribution >= 4 is 67.5 Å². The molecule has 0 spiro atoms. The first-order valence-corrected chi connectivity index (χ1v) is 32.1. The molecule has 0 unspecified atom stereocenters. The molecule has 0 amide bonds. The van der Waals surface area contributed by atoms with E-state index < -0.39 is 23.9 Å². The fraction of sp³-hybridized carbons (Fsp3) is 0.0471. The van der Waals surface area contributed by atoms with Gasteiger partial charge in [0, 0.05) is 49.6 Å². The van der Waals surface area contributed by atoms with Crippen molar-refractivity contribution in [2.24, 2.45) is 0 Å². The van der Waals surface area contributed by atoms with E-state index in [9.17, 15) is 29.7 Å². The molecule has 0 aliphatic carbocycles. The van der Waals surface area contributed by atoms with E-state index in [1.165, 1.54) is 0 Å². The predicted molar refractivity (Wildman–Crippen MR) is 382 cm³/mol. The van der Waals surface area contributed by atoms with Crippen molar-refractivity contribution in [3.63, 3.8) is 0 Å². The van der Waals surface area contributed by atoms with Crippen LogP contribution in [0.5, 0.6) is 0 Å². The Morgan fingerprint density at radius 1 is 0.310 bits per heavy atom. The second-order valence-corrected chi connectivity index (χ2v) is 23.8. The molecule has 0 aliphatic rings. The number of fused-ring (bicyclic) bond motifs is 6. The number of rotatable bonds is 18. The second-order valence-electron chi connectivity index (χ2n) is 23.8. The molecule has 0 saturated heterocycles. The molecule has 0 bridgehead atoms. The van der Waals surface area contributed by atoms with Gasteiger partial charge in [-0.15, -0.1) is 0 Å². The number of nitriles is 2. The van der Waals surface area contributed by atoms with Crippen molar-refractivity contribution in [2.45, 2.75) is 26.4 Å². The third kappa shape index (κ3) is 12.7. The Bertz CT molecular complexity index is 5540. The van der Waals surface area contributed by atoms with Gasteiger partial charge in [-0.1, -0.05) is 170 Å². The van der Waals surface area contributed by atoms with Crippen molar-refractivity contribution in [3.8, 4) is 68.8 Å². The molecule has 0 saturated carbocycles. The Kier molecular flexibility index (Phi) is 17.1. The molecular formula is C85H55N7O8. The minimum Gasteiger partial charge on any atom is -0.457 e. The van der Waals surface area contributed by atoms with Gasteiger partial charge in [0.15, 0.2) is 17.5 Å². The van der Waals surface area contributed by atoms with Gasteiger partial charge in [-0.05, 0) is 149 Å². The molecule has 3 aromatic heterocycles. The summed E-state index contributed by atoms with van der Waals surface area (Å²) in [6.07, 6.45) is 0. The van der Waals surface area contributed by atoms with Crippen molar-refractivity contribution < 1.29 is 38.1 Å². The molecule has 15 heteroatoms. The van der Waals surface area contributed by atoms with E-state index in [1.54, 1.807) is 66.7 Å². The number of esters is 4. The largest absolute Gasteiger partial charge is 0.457 e. The van der Waals surface area contributed by atoms with Crippen LogP contribution in [0.2, 0.25) is 0 Å². The third-order valence-electron chi connectivity index (χ3n) is 17.4. The van der Waals surface area contributed by atoms with Crippen LogP contribution in [0, 0.1) is 22.7 Å². The van der Waals surface area contributed by atoms with Crippen LogP contribution >= 0.6 is 0 Å². The Morgan fingerprint density at radius 2 is 0.650 bits per heavy atom. The van der Waals surface area contributed by atoms with Crippen LogP contribution in [0.4, 0.5) is 0 Å². The molecule has 15 nitrogen and oxygen atoms in total. The Hall–Kier alpha value is -13.9. The quantitative estimate of drug-likeness (QED) is 0.0581. The molecule has 0 fully saturated rings. The maximum absolute atomic E-state index is 14.0. The van der Waals surface area contributed by atoms with E-state index in [1.807, 2.05) is 228 Å². The van der Waals surface area contributed by atoms with E-state index in [-0.39, 0.29) is 43.6 Å². The van der Waals surface area contributed by atoms with Crippen molar-refractivity contribution in [1.82, 2.24) is 24.1 Å². The van der Waals surface area contributed by atoms with E-state index in [2.05, 4.69) is 12.1 Å². The lowest BCUT2D eigenvalue weighted by atomic mass is 9.97. The zero-order chi connectivity index (χ0) is 68.1. The highest BCUT2D eigenvalue weighted by Crippen LogP contribution is 2.41. The molecule has 0 atom stereocenters. The van der Waals surface area contributed by atoms with Crippen LogP contribution in [0.25, 0.3) is 100 Å². The second kappa shape index (κ2) is 27.4. The Labute approximate surface area is 573 Å². The molecule has 100 heavy (non-hydrogen) atoms. The summed E-state index contributed by atoms with van der Waals surface area (Å²) in [4.78, 5) is 71.5. The van der Waals surface area contributed by atoms with Gasteiger partial charge in [0.1, 0.15) is 26.4 Å². The minimum atomic E-state index is -0.534. The Balaban J connectivity index is 0.885. The average molecular weight is 1300 g/mol. The summed E-state index contributed by atoms with van der Waals surface area (Å²) in [6.45, 7) is 0.260. The first-order chi connectivity index (χ1) is 49.1. The highest BCUT2D eigenvalue weighted by atomic mass is 16.5. The maximum atomic E-state index is 14.0. The molecule has 12 aromatic carbocycles. The smallest absolute Gasteiger partial charge is 0.338 e. The van der Waals surface area contributed by atoms with Crippen molar-refractivity contribution in [2.75, 3.05) is 0 Å². The van der Waals surface area contributed by atoms with E-state index in [0.717, 1.165) is 27.8 Å². The first kappa shape index (κ1) is 62.2. The number of hydrogen-bond donors (Lipinski definition) is 0. The van der Waals surface area contributed by atoms with Gasteiger partial charge in [-0.25, -0.2) is 34.1 Å². The molecule has 0 aliphatic heterocycles. The highest BCUT2D eigenvalue weighted by Gasteiger charge is 2.25. The molecule has 15 rings (SSSR count). The molecule has 0 N–H and O–H groups in total. The van der Waals surface area contributed by atoms with Gasteiger partial charge in [0.2, 0.25) is 0 Å². The summed E-state index contributed by atoms with van der Waals surface area (Å²) >= 11 is 0. The van der Waals surface area contributed by atoms with Crippen LogP contribution in [-0.2, 0) is 45.4 Å². The number of carbonyl (C=O) groups is 4. The zero-order valence-electron chi connectivity index (χ0n) is 53.4. The lowest BCUT2D eigenvalue weighted by Crippen LogP contribution is -2.05. The van der Waals surface area contributed by atoms with Crippen LogP contribution in [0.1, 0.15) is 74.8 Å². The van der Waals surface area contributed by atoms with Gasteiger partial charge in [-0.3, -0.25) is 0 Å². The number of nitrogens with zero attached hydrogens (tertiary/aromatic N) is 7. The standard InChI is InChI=1S/C85H55N7O8/c86-48-54-26-28-59(29-27-54)68-37-36-67(92-77-40-33-63(84(95)99-52-57-20-10-3-11-21-57)44-72(77)73-45-64(34-41-78(73)92)85(96)100-53-58-22-12-4-13-23-58)47-74(68)81-89-79(60-24-14-5-15-25-60)88-80(90-81)69-46-66(35-30-65(69)49-87)91-75-38-31-61(82(93)97-50-55-16-6-1-7-17-55)42-70(75)71-43-62(32-39-76(71)91)83(94)98-51-56-18-8-2-9-19-56/h1-47H,50-53H2. The number of benzene rings is 12. The van der Waals surface area contributed by atoms with Crippen LogP contribution in [-0.4, -0.2) is 48.0 Å². The van der Waals surface area contributed by atoms with Crippen LogP contribution in [0.15, 0.2) is 285 Å². The summed E-state index contributed by atoms with van der Waals surface area (Å²) in [6, 6.07) is 91.7. The highest BCUT2D eigenvalue weighted by molar-refractivity contribution is 6.14. The fourth-order valence-electron chi connectivity index (χ4n) is 12.5. The number of hydrogen-bond acceptors (Lipinski definition) is 13. The number of ether oxygens (including phenoxy) is 4. The molecule has 0 radical (unpaired) electrons. The van der Waals surface area contributed by atoms with E-state index >= 15 is 0 Å². The van der Waals surface area contributed by atoms with Gasteiger partial charge in [0.25, 0.3) is 0 Å². The predicted octanol–water partition coefficient (Wildman–Crippen LogP) is 17.9. The zero-order valence-corrected chi connectivity index (χ0v) is 53.4. The molecule has 478 valence electrons.